The van der Waals surface area contributed by atoms with Crippen LogP contribution in [-0.2, 0) is 27.7 Å². The van der Waals surface area contributed by atoms with Crippen LogP contribution in [0.2, 0.25) is 0 Å². The van der Waals surface area contributed by atoms with Crippen LogP contribution in [0.25, 0.3) is 0 Å². The van der Waals surface area contributed by atoms with Gasteiger partial charge in [-0.1, -0.05) is 78.9 Å². The maximum Gasteiger partial charge on any atom is 0.240 e. The van der Waals surface area contributed by atoms with Gasteiger partial charge < -0.3 is 0 Å². The molecule has 1 heterocycles. The zero-order valence-corrected chi connectivity index (χ0v) is 17.3. The number of benzene rings is 3. The molecule has 2 unspecified atom stereocenters. The van der Waals surface area contributed by atoms with E-state index in [1.54, 1.807) is 30.3 Å². The van der Waals surface area contributed by atoms with Crippen molar-refractivity contribution in [3.8, 4) is 0 Å². The first-order valence-corrected chi connectivity index (χ1v) is 11.4. The Morgan fingerprint density at radius 1 is 0.833 bits per heavy atom. The molecule has 0 aliphatic carbocycles. The Kier molecular flexibility index (Phi) is 6.28. The maximum absolute atomic E-state index is 13.0. The number of sulfonamides is 1. The number of allylic oxidation sites excluding steroid dienone is 1. The van der Waals surface area contributed by atoms with Crippen molar-refractivity contribution in [3.63, 3.8) is 0 Å². The minimum Gasteiger partial charge on any atom is -0.270 e. The summed E-state index contributed by atoms with van der Waals surface area (Å²) in [6.45, 7) is 0. The van der Waals surface area contributed by atoms with Gasteiger partial charge in [0.2, 0.25) is 10.0 Å². The van der Waals surface area contributed by atoms with Crippen LogP contribution in [-0.4, -0.2) is 20.6 Å². The van der Waals surface area contributed by atoms with Crippen LogP contribution in [0.3, 0.4) is 0 Å². The summed E-state index contributed by atoms with van der Waals surface area (Å²) in [5.74, 6) is 0. The van der Waals surface area contributed by atoms with E-state index < -0.39 is 22.2 Å². The summed E-state index contributed by atoms with van der Waals surface area (Å²) in [7, 11) is -3.68. The highest BCUT2D eigenvalue weighted by Crippen LogP contribution is 2.20. The molecule has 0 fully saturated rings. The molecular weight excluding hydrogens is 396 g/mol. The first-order valence-electron chi connectivity index (χ1n) is 9.88. The molecule has 30 heavy (non-hydrogen) atoms. The molecule has 3 aromatic carbocycles. The molecule has 0 radical (unpaired) electrons. The van der Waals surface area contributed by atoms with Crippen LogP contribution >= 0.6 is 0 Å². The van der Waals surface area contributed by atoms with E-state index in [4.69, 9.17) is 4.84 Å². The molecule has 0 saturated heterocycles. The predicted octanol–water partition coefficient (Wildman–Crippen LogP) is 3.61. The number of hydrogen-bond donors (Lipinski definition) is 2. The summed E-state index contributed by atoms with van der Waals surface area (Å²) in [6.07, 6.45) is 2.74. The normalized spacial score (nSPS) is 17.2. The highest BCUT2D eigenvalue weighted by molar-refractivity contribution is 7.89. The smallest absolute Gasteiger partial charge is 0.240 e. The summed E-state index contributed by atoms with van der Waals surface area (Å²) in [5.41, 5.74) is 6.08. The third kappa shape index (κ3) is 5.16. The molecule has 0 spiro atoms. The maximum atomic E-state index is 13.0. The molecule has 0 saturated carbocycles. The summed E-state index contributed by atoms with van der Waals surface area (Å²) >= 11 is 0. The van der Waals surface area contributed by atoms with E-state index in [1.165, 1.54) is 0 Å². The van der Waals surface area contributed by atoms with Gasteiger partial charge in [-0.05, 0) is 35.8 Å². The predicted molar refractivity (Wildman–Crippen MR) is 117 cm³/mol. The minimum atomic E-state index is -3.68. The largest absolute Gasteiger partial charge is 0.270 e. The van der Waals surface area contributed by atoms with Crippen molar-refractivity contribution in [2.24, 2.45) is 0 Å². The quantitative estimate of drug-likeness (QED) is 0.584. The van der Waals surface area contributed by atoms with Gasteiger partial charge in [0.25, 0.3) is 0 Å². The Labute approximate surface area is 177 Å². The van der Waals surface area contributed by atoms with Crippen molar-refractivity contribution in [2.45, 2.75) is 29.9 Å². The SMILES string of the molecule is O=S(=O)(NC(Cc1ccccc1)C1C=C(Cc2ccccc2)NO1)c1ccccc1. The fourth-order valence-electron chi connectivity index (χ4n) is 3.48. The Bertz CT molecular complexity index is 1090. The first kappa shape index (κ1) is 20.3. The topological polar surface area (TPSA) is 67.4 Å². The molecular formula is C24H24N2O3S. The molecule has 3 aromatic rings. The van der Waals surface area contributed by atoms with Crippen molar-refractivity contribution < 1.29 is 13.3 Å². The van der Waals surface area contributed by atoms with Crippen molar-refractivity contribution in [1.82, 2.24) is 10.2 Å². The van der Waals surface area contributed by atoms with Crippen LogP contribution in [0.4, 0.5) is 0 Å². The molecule has 2 atom stereocenters. The summed E-state index contributed by atoms with van der Waals surface area (Å²) in [4.78, 5) is 6.02. The molecule has 1 aliphatic heterocycles. The summed E-state index contributed by atoms with van der Waals surface area (Å²) in [5, 5.41) is 0. The second-order valence-electron chi connectivity index (χ2n) is 7.27. The molecule has 0 aromatic heterocycles. The van der Waals surface area contributed by atoms with Gasteiger partial charge in [-0.15, -0.1) is 0 Å². The van der Waals surface area contributed by atoms with Gasteiger partial charge in [-0.2, -0.15) is 0 Å². The van der Waals surface area contributed by atoms with E-state index in [0.717, 1.165) is 16.8 Å². The second kappa shape index (κ2) is 9.26. The Balaban J connectivity index is 1.56. The van der Waals surface area contributed by atoms with Crippen LogP contribution in [0, 0.1) is 0 Å². The molecule has 0 amide bonds. The summed E-state index contributed by atoms with van der Waals surface area (Å²) in [6, 6.07) is 27.8. The average molecular weight is 421 g/mol. The van der Waals surface area contributed by atoms with Gasteiger partial charge in [0.1, 0.15) is 6.10 Å². The van der Waals surface area contributed by atoms with Gasteiger partial charge in [0.15, 0.2) is 0 Å². The second-order valence-corrected chi connectivity index (χ2v) is 8.98. The van der Waals surface area contributed by atoms with E-state index in [-0.39, 0.29) is 4.90 Å². The van der Waals surface area contributed by atoms with Crippen molar-refractivity contribution in [3.05, 3.63) is 114 Å². The number of hydroxylamine groups is 1. The van der Waals surface area contributed by atoms with Gasteiger partial charge in [-0.3, -0.25) is 10.3 Å². The van der Waals surface area contributed by atoms with Crippen molar-refractivity contribution >= 4 is 10.0 Å². The zero-order chi connectivity index (χ0) is 20.8. The molecule has 6 heteroatoms. The third-order valence-corrected chi connectivity index (χ3v) is 6.49. The van der Waals surface area contributed by atoms with Crippen LogP contribution < -0.4 is 10.2 Å². The highest BCUT2D eigenvalue weighted by atomic mass is 32.2. The van der Waals surface area contributed by atoms with E-state index in [0.29, 0.717) is 12.8 Å². The Hall–Kier alpha value is -2.93. The van der Waals surface area contributed by atoms with Crippen LogP contribution in [0.5, 0.6) is 0 Å². The minimum absolute atomic E-state index is 0.238. The van der Waals surface area contributed by atoms with Crippen molar-refractivity contribution in [2.75, 3.05) is 0 Å². The first-order chi connectivity index (χ1) is 14.6. The lowest BCUT2D eigenvalue weighted by atomic mass is 10.0. The fraction of sp³-hybridized carbons (Fsp3) is 0.167. The van der Waals surface area contributed by atoms with Crippen molar-refractivity contribution in [1.29, 1.82) is 0 Å². The Morgan fingerprint density at radius 2 is 1.40 bits per heavy atom. The molecule has 2 N–H and O–H groups in total. The zero-order valence-electron chi connectivity index (χ0n) is 16.4. The van der Waals surface area contributed by atoms with Gasteiger partial charge in [0, 0.05) is 12.1 Å². The van der Waals surface area contributed by atoms with E-state index in [2.05, 4.69) is 22.3 Å². The van der Waals surface area contributed by atoms with Gasteiger partial charge >= 0.3 is 0 Å². The lowest BCUT2D eigenvalue weighted by Gasteiger charge is -2.22. The lowest BCUT2D eigenvalue weighted by molar-refractivity contribution is 0.0248. The van der Waals surface area contributed by atoms with E-state index in [1.807, 2.05) is 54.6 Å². The Morgan fingerprint density at radius 3 is 2.03 bits per heavy atom. The van der Waals surface area contributed by atoms with Crippen LogP contribution in [0.15, 0.2) is 108 Å². The molecule has 1 aliphatic rings. The standard InChI is InChI=1S/C24H24N2O3S/c27-30(28,22-14-8-3-9-15-22)26-23(17-20-12-6-2-7-13-20)24-18-21(25-29-24)16-19-10-4-1-5-11-19/h1-15,18,23-26H,16-17H2. The third-order valence-electron chi connectivity index (χ3n) is 4.98. The molecule has 5 nitrogen and oxygen atoms in total. The number of rotatable bonds is 8. The van der Waals surface area contributed by atoms with Crippen LogP contribution in [0.1, 0.15) is 11.1 Å². The van der Waals surface area contributed by atoms with Gasteiger partial charge in [0.05, 0.1) is 10.9 Å². The fourth-order valence-corrected chi connectivity index (χ4v) is 4.75. The lowest BCUT2D eigenvalue weighted by Crippen LogP contribution is -2.44. The summed E-state index contributed by atoms with van der Waals surface area (Å²) < 4.78 is 28.8. The van der Waals surface area contributed by atoms with E-state index >= 15 is 0 Å². The number of hydrogen-bond acceptors (Lipinski definition) is 4. The highest BCUT2D eigenvalue weighted by Gasteiger charge is 2.30. The number of nitrogens with one attached hydrogen (secondary N) is 2. The monoisotopic (exact) mass is 420 g/mol. The van der Waals surface area contributed by atoms with E-state index in [9.17, 15) is 8.42 Å². The van der Waals surface area contributed by atoms with Gasteiger partial charge in [-0.25, -0.2) is 13.1 Å². The average Bonchev–Trinajstić information content (AvgIpc) is 3.24. The molecule has 0 bridgehead atoms. The molecule has 4 rings (SSSR count). The molecule has 154 valence electrons.